The fraction of sp³-hybridized carbons (Fsp3) is 0.833. The third kappa shape index (κ3) is 4.57. The van der Waals surface area contributed by atoms with Crippen LogP contribution in [-0.2, 0) is 14.3 Å². The second kappa shape index (κ2) is 7.74. The molecule has 2 atom stereocenters. The van der Waals surface area contributed by atoms with Crippen molar-refractivity contribution in [1.82, 2.24) is 10.2 Å². The quantitative estimate of drug-likeness (QED) is 0.604. The van der Waals surface area contributed by atoms with Crippen molar-refractivity contribution in [1.29, 1.82) is 0 Å². The van der Waals surface area contributed by atoms with Crippen molar-refractivity contribution in [2.45, 2.75) is 37.1 Å². The van der Waals surface area contributed by atoms with E-state index in [2.05, 4.69) is 26.0 Å². The van der Waals surface area contributed by atoms with E-state index in [-0.39, 0.29) is 17.9 Å². The van der Waals surface area contributed by atoms with Gasteiger partial charge in [0.25, 0.3) is 0 Å². The van der Waals surface area contributed by atoms with Crippen LogP contribution < -0.4 is 5.32 Å². The fourth-order valence-electron chi connectivity index (χ4n) is 1.97. The third-order valence-corrected chi connectivity index (χ3v) is 3.80. The maximum atomic E-state index is 12.1. The lowest BCUT2D eigenvalue weighted by atomic mass is 10.1. The largest absolute Gasteiger partial charge is 0.468 e. The predicted molar refractivity (Wildman–Crippen MR) is 72.6 cm³/mol. The molecule has 1 fully saturated rings. The van der Waals surface area contributed by atoms with E-state index in [1.807, 2.05) is 11.8 Å². The number of hydrogen-bond acceptors (Lipinski definition) is 4. The number of amides is 1. The fourth-order valence-corrected chi connectivity index (χ4v) is 2.34. The van der Waals surface area contributed by atoms with Gasteiger partial charge in [0, 0.05) is 19.6 Å². The van der Waals surface area contributed by atoms with E-state index in [1.54, 1.807) is 0 Å². The van der Waals surface area contributed by atoms with Crippen molar-refractivity contribution in [3.8, 4) is 0 Å². The Morgan fingerprint density at radius 3 is 2.50 bits per heavy atom. The first-order chi connectivity index (χ1) is 8.56. The minimum atomic E-state index is -0.417. The van der Waals surface area contributed by atoms with Crippen molar-refractivity contribution >= 4 is 27.8 Å². The molecule has 0 aromatic carbocycles. The van der Waals surface area contributed by atoms with Gasteiger partial charge < -0.3 is 15.0 Å². The molecule has 0 saturated carbocycles. The molecule has 0 bridgehead atoms. The summed E-state index contributed by atoms with van der Waals surface area (Å²) >= 11 is 3.22. The van der Waals surface area contributed by atoms with Gasteiger partial charge in [-0.15, -0.1) is 0 Å². The van der Waals surface area contributed by atoms with Crippen molar-refractivity contribution in [2.75, 3.05) is 26.7 Å². The average Bonchev–Trinajstić information content (AvgIpc) is 2.43. The molecule has 1 rings (SSSR count). The van der Waals surface area contributed by atoms with Crippen LogP contribution in [-0.4, -0.2) is 54.4 Å². The molecule has 1 aliphatic heterocycles. The molecule has 0 aromatic rings. The first-order valence-electron chi connectivity index (χ1n) is 6.30. The summed E-state index contributed by atoms with van der Waals surface area (Å²) in [5.74, 6) is -0.223. The molecule has 1 aliphatic rings. The van der Waals surface area contributed by atoms with Crippen LogP contribution in [0.3, 0.4) is 0 Å². The van der Waals surface area contributed by atoms with Crippen LogP contribution in [0.5, 0.6) is 0 Å². The molecule has 6 heteroatoms. The lowest BCUT2D eigenvalue weighted by Gasteiger charge is -2.29. The van der Waals surface area contributed by atoms with Gasteiger partial charge in [0.15, 0.2) is 0 Å². The Kier molecular flexibility index (Phi) is 6.63. The van der Waals surface area contributed by atoms with Crippen LogP contribution in [0, 0.1) is 0 Å². The number of nitrogens with one attached hydrogen (secondary N) is 1. The van der Waals surface area contributed by atoms with Crippen molar-refractivity contribution < 1.29 is 14.3 Å². The third-order valence-electron chi connectivity index (χ3n) is 3.10. The highest BCUT2D eigenvalue weighted by atomic mass is 79.9. The number of rotatable bonds is 5. The first-order valence-corrected chi connectivity index (χ1v) is 7.22. The zero-order valence-electron chi connectivity index (χ0n) is 10.9. The Bertz CT molecular complexity index is 293. The lowest BCUT2D eigenvalue weighted by Crippen LogP contribution is -2.48. The molecular formula is C12H21BrN2O3. The number of carbonyl (C=O) groups excluding carboxylic acids is 2. The molecule has 1 heterocycles. The van der Waals surface area contributed by atoms with Crippen molar-refractivity contribution in [2.24, 2.45) is 0 Å². The maximum Gasteiger partial charge on any atom is 0.320 e. The highest BCUT2D eigenvalue weighted by Gasteiger charge is 2.23. The van der Waals surface area contributed by atoms with Gasteiger partial charge in [-0.1, -0.05) is 15.9 Å². The van der Waals surface area contributed by atoms with E-state index in [0.29, 0.717) is 6.54 Å². The van der Waals surface area contributed by atoms with E-state index in [4.69, 9.17) is 0 Å². The normalized spacial score (nSPS) is 19.2. The van der Waals surface area contributed by atoms with Gasteiger partial charge >= 0.3 is 5.97 Å². The summed E-state index contributed by atoms with van der Waals surface area (Å²) in [6.45, 7) is 3.90. The topological polar surface area (TPSA) is 58.6 Å². The smallest absolute Gasteiger partial charge is 0.320 e. The zero-order valence-corrected chi connectivity index (χ0v) is 12.5. The van der Waals surface area contributed by atoms with Crippen LogP contribution in [0.15, 0.2) is 0 Å². The van der Waals surface area contributed by atoms with Crippen LogP contribution in [0.4, 0.5) is 0 Å². The van der Waals surface area contributed by atoms with E-state index in [1.165, 1.54) is 13.5 Å². The van der Waals surface area contributed by atoms with Crippen molar-refractivity contribution in [3.63, 3.8) is 0 Å². The summed E-state index contributed by atoms with van der Waals surface area (Å²) in [6.07, 6.45) is 3.38. The number of alkyl halides is 1. The minimum Gasteiger partial charge on any atom is -0.468 e. The van der Waals surface area contributed by atoms with Crippen LogP contribution >= 0.6 is 15.9 Å². The Morgan fingerprint density at radius 1 is 1.33 bits per heavy atom. The highest BCUT2D eigenvalue weighted by Crippen LogP contribution is 2.10. The Morgan fingerprint density at radius 2 is 1.94 bits per heavy atom. The van der Waals surface area contributed by atoms with E-state index in [0.717, 1.165) is 25.9 Å². The van der Waals surface area contributed by atoms with Crippen molar-refractivity contribution in [3.05, 3.63) is 0 Å². The molecule has 104 valence electrons. The highest BCUT2D eigenvalue weighted by molar-refractivity contribution is 9.10. The summed E-state index contributed by atoms with van der Waals surface area (Å²) in [5, 5.41) is 3.06. The lowest BCUT2D eigenvalue weighted by molar-refractivity contribution is -0.140. The van der Waals surface area contributed by atoms with Gasteiger partial charge in [-0.05, 0) is 26.2 Å². The van der Waals surface area contributed by atoms with Gasteiger partial charge in [-0.2, -0.15) is 0 Å². The summed E-state index contributed by atoms with van der Waals surface area (Å²) in [7, 11) is 1.35. The number of ether oxygens (including phenoxy) is 1. The summed E-state index contributed by atoms with van der Waals surface area (Å²) in [5.41, 5.74) is 0. The van der Waals surface area contributed by atoms with Crippen LogP contribution in [0.1, 0.15) is 26.2 Å². The molecule has 0 aromatic heterocycles. The number of piperidine rings is 1. The van der Waals surface area contributed by atoms with E-state index >= 15 is 0 Å². The molecule has 1 saturated heterocycles. The SMILES string of the molecule is COC(=O)C(Br)CNC(C)C(=O)N1CCCCC1. The standard InChI is InChI=1S/C12H21BrN2O3/c1-9(14-8-10(13)12(17)18-2)11(16)15-6-4-3-5-7-15/h9-10,14H,3-8H2,1-2H3. The molecule has 0 radical (unpaired) electrons. The zero-order chi connectivity index (χ0) is 13.5. The van der Waals surface area contributed by atoms with Gasteiger partial charge in [0.05, 0.1) is 13.2 Å². The number of methoxy groups -OCH3 is 1. The second-order valence-electron chi connectivity index (χ2n) is 4.51. The van der Waals surface area contributed by atoms with Gasteiger partial charge in [-0.25, -0.2) is 0 Å². The van der Waals surface area contributed by atoms with Gasteiger partial charge in [0.1, 0.15) is 4.83 Å². The van der Waals surface area contributed by atoms with E-state index in [9.17, 15) is 9.59 Å². The molecule has 1 amide bonds. The number of halogens is 1. The number of nitrogens with zero attached hydrogens (tertiary/aromatic N) is 1. The summed E-state index contributed by atoms with van der Waals surface area (Å²) < 4.78 is 4.60. The average molecular weight is 321 g/mol. The number of esters is 1. The number of carbonyl (C=O) groups is 2. The second-order valence-corrected chi connectivity index (χ2v) is 5.61. The number of likely N-dealkylation sites (tertiary alicyclic amines) is 1. The van der Waals surface area contributed by atoms with Gasteiger partial charge in [0.2, 0.25) is 5.91 Å². The molecule has 2 unspecified atom stereocenters. The Labute approximate surface area is 116 Å². The first kappa shape index (κ1) is 15.4. The Hall–Kier alpha value is -0.620. The molecule has 0 spiro atoms. The summed E-state index contributed by atoms with van der Waals surface area (Å²) in [6, 6.07) is -0.271. The van der Waals surface area contributed by atoms with Crippen LogP contribution in [0.25, 0.3) is 0 Å². The molecule has 18 heavy (non-hydrogen) atoms. The van der Waals surface area contributed by atoms with E-state index < -0.39 is 4.83 Å². The molecule has 1 N–H and O–H groups in total. The predicted octanol–water partition coefficient (Wildman–Crippen LogP) is 0.913. The Balaban J connectivity index is 2.33. The monoisotopic (exact) mass is 320 g/mol. The molecule has 0 aliphatic carbocycles. The minimum absolute atomic E-state index is 0.110. The van der Waals surface area contributed by atoms with Gasteiger partial charge in [-0.3, -0.25) is 9.59 Å². The molecule has 5 nitrogen and oxygen atoms in total. The van der Waals surface area contributed by atoms with Crippen LogP contribution in [0.2, 0.25) is 0 Å². The summed E-state index contributed by atoms with van der Waals surface area (Å²) in [4.78, 5) is 24.7. The maximum absolute atomic E-state index is 12.1. The molecular weight excluding hydrogens is 300 g/mol. The number of hydrogen-bond donors (Lipinski definition) is 1.